The van der Waals surface area contributed by atoms with Crippen LogP contribution in [0.15, 0.2) is 36.5 Å². The second-order valence-electron chi connectivity index (χ2n) is 4.06. The molecule has 3 aromatic rings. The van der Waals surface area contributed by atoms with Gasteiger partial charge in [0.05, 0.1) is 10.7 Å². The van der Waals surface area contributed by atoms with E-state index in [1.807, 2.05) is 0 Å². The van der Waals surface area contributed by atoms with Crippen molar-refractivity contribution in [3.05, 3.63) is 52.3 Å². The summed E-state index contributed by atoms with van der Waals surface area (Å²) in [4.78, 5) is 15.1. The van der Waals surface area contributed by atoms with Crippen LogP contribution in [0.3, 0.4) is 0 Å². The van der Waals surface area contributed by atoms with E-state index >= 15 is 0 Å². The van der Waals surface area contributed by atoms with Gasteiger partial charge < -0.3 is 5.11 Å². The topological polar surface area (TPSA) is 67.5 Å². The summed E-state index contributed by atoms with van der Waals surface area (Å²) in [5.74, 6) is -1.11. The van der Waals surface area contributed by atoms with Crippen molar-refractivity contribution in [3.63, 3.8) is 0 Å². The summed E-state index contributed by atoms with van der Waals surface area (Å²) in [6.07, 6.45) is 1.57. The van der Waals surface area contributed by atoms with E-state index in [0.717, 1.165) is 0 Å². The van der Waals surface area contributed by atoms with Gasteiger partial charge in [-0.3, -0.25) is 0 Å². The molecule has 2 heterocycles. The molecule has 5 nitrogen and oxygen atoms in total. The molecule has 0 fully saturated rings. The number of benzene rings is 1. The lowest BCUT2D eigenvalue weighted by Gasteiger charge is -2.06. The molecule has 1 N–H and O–H groups in total. The van der Waals surface area contributed by atoms with Gasteiger partial charge in [0.25, 0.3) is 0 Å². The summed E-state index contributed by atoms with van der Waals surface area (Å²) >= 11 is 12.0. The maximum absolute atomic E-state index is 11.0. The zero-order chi connectivity index (χ0) is 14.3. The molecule has 0 atom stereocenters. The van der Waals surface area contributed by atoms with Gasteiger partial charge in [0.15, 0.2) is 11.3 Å². The van der Waals surface area contributed by atoms with Crippen LogP contribution >= 0.6 is 23.2 Å². The number of halogens is 2. The van der Waals surface area contributed by atoms with E-state index in [2.05, 4.69) is 10.1 Å². The molecule has 100 valence electrons. The predicted molar refractivity (Wildman–Crippen MR) is 75.4 cm³/mol. The van der Waals surface area contributed by atoms with Gasteiger partial charge in [0.2, 0.25) is 0 Å². The number of fused-ring (bicyclic) bond motifs is 1. The molecule has 0 saturated heterocycles. The maximum Gasteiger partial charge on any atom is 0.356 e. The first kappa shape index (κ1) is 12.9. The molecule has 1 aromatic carbocycles. The van der Waals surface area contributed by atoms with Crippen LogP contribution in [0.2, 0.25) is 10.0 Å². The monoisotopic (exact) mass is 307 g/mol. The molecular weight excluding hydrogens is 301 g/mol. The van der Waals surface area contributed by atoms with Gasteiger partial charge in [-0.1, -0.05) is 23.2 Å². The Labute approximate surface area is 123 Å². The molecule has 0 amide bonds. The zero-order valence-electron chi connectivity index (χ0n) is 9.92. The number of aromatic carboxylic acids is 1. The first-order chi connectivity index (χ1) is 9.56. The van der Waals surface area contributed by atoms with Crippen LogP contribution in [0.1, 0.15) is 10.5 Å². The summed E-state index contributed by atoms with van der Waals surface area (Å²) in [6.45, 7) is 0. The lowest BCUT2D eigenvalue weighted by atomic mass is 10.1. The van der Waals surface area contributed by atoms with Gasteiger partial charge in [-0.05, 0) is 24.3 Å². The smallest absolute Gasteiger partial charge is 0.356 e. The number of rotatable bonds is 2. The number of hydrogen-bond donors (Lipinski definition) is 1. The predicted octanol–water partition coefficient (Wildman–Crippen LogP) is 3.40. The van der Waals surface area contributed by atoms with Crippen molar-refractivity contribution < 1.29 is 9.90 Å². The fourth-order valence-electron chi connectivity index (χ4n) is 1.90. The highest BCUT2D eigenvalue weighted by Gasteiger charge is 2.14. The summed E-state index contributed by atoms with van der Waals surface area (Å²) in [5, 5.41) is 14.0. The Balaban J connectivity index is 2.28. The molecule has 2 aromatic heterocycles. The summed E-state index contributed by atoms with van der Waals surface area (Å²) in [7, 11) is 0. The zero-order valence-corrected chi connectivity index (χ0v) is 11.4. The van der Waals surface area contributed by atoms with Crippen LogP contribution in [0.5, 0.6) is 0 Å². The van der Waals surface area contributed by atoms with Crippen molar-refractivity contribution in [2.45, 2.75) is 0 Å². The van der Waals surface area contributed by atoms with Crippen LogP contribution in [0.25, 0.3) is 16.9 Å². The van der Waals surface area contributed by atoms with Gasteiger partial charge >= 0.3 is 5.97 Å². The molecule has 3 rings (SSSR count). The summed E-state index contributed by atoms with van der Waals surface area (Å²) in [5.41, 5.74) is 1.70. The first-order valence-corrected chi connectivity index (χ1v) is 6.35. The molecule has 0 spiro atoms. The van der Waals surface area contributed by atoms with E-state index in [4.69, 9.17) is 28.3 Å². The standard InChI is InChI=1S/C13H7Cl2N3O2/c14-7-1-2-8(9(15)5-7)11-3-4-16-12-6-10(13(19)20)17-18(11)12/h1-6H,(H,19,20). The fraction of sp³-hybridized carbons (Fsp3) is 0. The number of aromatic nitrogens is 3. The highest BCUT2D eigenvalue weighted by Crippen LogP contribution is 2.30. The van der Waals surface area contributed by atoms with Crippen molar-refractivity contribution in [2.24, 2.45) is 0 Å². The molecule has 0 aliphatic heterocycles. The van der Waals surface area contributed by atoms with E-state index in [1.165, 1.54) is 10.6 Å². The van der Waals surface area contributed by atoms with Crippen LogP contribution < -0.4 is 0 Å². The average Bonchev–Trinajstić information content (AvgIpc) is 2.83. The molecule has 0 unspecified atom stereocenters. The molecule has 0 saturated carbocycles. The fourth-order valence-corrected chi connectivity index (χ4v) is 2.41. The van der Waals surface area contributed by atoms with Gasteiger partial charge in [-0.25, -0.2) is 14.3 Å². The van der Waals surface area contributed by atoms with Crippen molar-refractivity contribution in [1.82, 2.24) is 14.6 Å². The Morgan fingerprint density at radius 1 is 1.20 bits per heavy atom. The van der Waals surface area contributed by atoms with Gasteiger partial charge in [0.1, 0.15) is 0 Å². The Morgan fingerprint density at radius 2 is 2.00 bits per heavy atom. The molecule has 7 heteroatoms. The molecule has 0 aliphatic rings. The molecular formula is C13H7Cl2N3O2. The minimum absolute atomic E-state index is 0.0740. The second kappa shape index (κ2) is 4.77. The third kappa shape index (κ3) is 2.11. The molecule has 0 radical (unpaired) electrons. The van der Waals surface area contributed by atoms with Crippen molar-refractivity contribution >= 4 is 34.8 Å². The van der Waals surface area contributed by atoms with Crippen molar-refractivity contribution in [3.8, 4) is 11.3 Å². The average molecular weight is 308 g/mol. The number of carboxylic acids is 1. The molecule has 20 heavy (non-hydrogen) atoms. The van der Waals surface area contributed by atoms with Crippen molar-refractivity contribution in [1.29, 1.82) is 0 Å². The number of carbonyl (C=O) groups is 1. The Bertz CT molecular complexity index is 830. The largest absolute Gasteiger partial charge is 0.476 e. The number of carboxylic acid groups (broad SMARTS) is 1. The van der Waals surface area contributed by atoms with E-state index in [-0.39, 0.29) is 5.69 Å². The van der Waals surface area contributed by atoms with Crippen LogP contribution in [-0.2, 0) is 0 Å². The highest BCUT2D eigenvalue weighted by molar-refractivity contribution is 6.36. The lowest BCUT2D eigenvalue weighted by Crippen LogP contribution is -2.00. The van der Waals surface area contributed by atoms with E-state index in [0.29, 0.717) is 26.9 Å². The molecule has 0 aliphatic carbocycles. The lowest BCUT2D eigenvalue weighted by molar-refractivity contribution is 0.0690. The normalized spacial score (nSPS) is 10.9. The van der Waals surface area contributed by atoms with Crippen molar-refractivity contribution in [2.75, 3.05) is 0 Å². The number of nitrogens with zero attached hydrogens (tertiary/aromatic N) is 3. The van der Waals surface area contributed by atoms with Crippen LogP contribution in [0, 0.1) is 0 Å². The van der Waals surface area contributed by atoms with Crippen LogP contribution in [-0.4, -0.2) is 25.7 Å². The SMILES string of the molecule is O=C(O)c1cc2nccc(-c3ccc(Cl)cc3Cl)n2n1. The quantitative estimate of drug-likeness (QED) is 0.788. The second-order valence-corrected chi connectivity index (χ2v) is 4.90. The third-order valence-corrected chi connectivity index (χ3v) is 3.33. The Kier molecular flexibility index (Phi) is 3.08. The summed E-state index contributed by atoms with van der Waals surface area (Å²) < 4.78 is 1.44. The summed E-state index contributed by atoms with van der Waals surface area (Å²) in [6, 6.07) is 8.18. The van der Waals surface area contributed by atoms with Crippen LogP contribution in [0.4, 0.5) is 0 Å². The minimum atomic E-state index is -1.11. The van der Waals surface area contributed by atoms with E-state index in [9.17, 15) is 4.79 Å². The van der Waals surface area contributed by atoms with Gasteiger partial charge in [0, 0.05) is 22.8 Å². The Morgan fingerprint density at radius 3 is 2.70 bits per heavy atom. The highest BCUT2D eigenvalue weighted by atomic mass is 35.5. The van der Waals surface area contributed by atoms with E-state index in [1.54, 1.807) is 30.5 Å². The van der Waals surface area contributed by atoms with E-state index < -0.39 is 5.97 Å². The molecule has 0 bridgehead atoms. The number of hydrogen-bond acceptors (Lipinski definition) is 3. The van der Waals surface area contributed by atoms with Gasteiger partial charge in [-0.2, -0.15) is 5.10 Å². The van der Waals surface area contributed by atoms with Gasteiger partial charge in [-0.15, -0.1) is 0 Å². The Hall–Kier alpha value is -2.11. The minimum Gasteiger partial charge on any atom is -0.476 e. The maximum atomic E-state index is 11.0. The first-order valence-electron chi connectivity index (χ1n) is 5.60. The third-order valence-electron chi connectivity index (χ3n) is 2.78.